The Balaban J connectivity index is 0. The van der Waals surface area contributed by atoms with Crippen molar-refractivity contribution in [1.29, 1.82) is 0 Å². The number of hydrogen-bond donors (Lipinski definition) is 0. The van der Waals surface area contributed by atoms with Gasteiger partial charge in [0.1, 0.15) is 6.61 Å². The van der Waals surface area contributed by atoms with Crippen LogP contribution in [0.15, 0.2) is 67.3 Å². The van der Waals surface area contributed by atoms with Gasteiger partial charge in [0, 0.05) is 17.7 Å². The van der Waals surface area contributed by atoms with E-state index in [2.05, 4.69) is 78.4 Å². The van der Waals surface area contributed by atoms with Crippen LogP contribution in [0.3, 0.4) is 0 Å². The minimum Gasteiger partial charge on any atom is -0.473 e. The predicted molar refractivity (Wildman–Crippen MR) is 141 cm³/mol. The van der Waals surface area contributed by atoms with E-state index in [0.717, 1.165) is 17.2 Å². The molecule has 0 atom stereocenters. The van der Waals surface area contributed by atoms with E-state index >= 15 is 0 Å². The van der Waals surface area contributed by atoms with Gasteiger partial charge in [0.05, 0.1) is 0 Å². The first-order valence-electron chi connectivity index (χ1n) is 11.9. The molecule has 0 aliphatic heterocycles. The summed E-state index contributed by atoms with van der Waals surface area (Å²) >= 11 is 0. The fourth-order valence-electron chi connectivity index (χ4n) is 3.40. The number of allylic oxidation sites excluding steroid dienone is 3. The van der Waals surface area contributed by atoms with E-state index in [1.54, 1.807) is 0 Å². The van der Waals surface area contributed by atoms with E-state index in [4.69, 9.17) is 4.74 Å². The fraction of sp³-hybridized carbons (Fsp3) is 0.552. The topological polar surface area (TPSA) is 22.1 Å². The van der Waals surface area contributed by atoms with Crippen molar-refractivity contribution in [3.63, 3.8) is 0 Å². The molecule has 176 valence electrons. The lowest BCUT2D eigenvalue weighted by Crippen LogP contribution is -2.05. The van der Waals surface area contributed by atoms with Crippen LogP contribution < -0.4 is 4.74 Å². The fourth-order valence-corrected chi connectivity index (χ4v) is 3.40. The van der Waals surface area contributed by atoms with Crippen molar-refractivity contribution in [2.24, 2.45) is 5.92 Å². The molecule has 0 saturated carbocycles. The molecule has 0 aliphatic carbocycles. The zero-order valence-corrected chi connectivity index (χ0v) is 21.5. The maximum Gasteiger partial charge on any atom is 0.213 e. The van der Waals surface area contributed by atoms with Crippen molar-refractivity contribution >= 4 is 0 Å². The van der Waals surface area contributed by atoms with Crippen molar-refractivity contribution < 1.29 is 4.74 Å². The lowest BCUT2D eigenvalue weighted by atomic mass is 9.94. The Labute approximate surface area is 194 Å². The molecule has 0 aliphatic rings. The standard InChI is InChI=1S/C18H27NO.C9H18.C2H4/c1-5-9-15(4)14-20-18-13-8-12-17(19-18)16(10-6-2)11-7-3;1-5-6-9(4)7-8(2)3;1-2/h5,8-9,12-13,16H,4,6-7,10-11,14H2,1-3H3;6,8H,5,7H2,1-4H3;1-2H2/b9-5-;9-6+;. The van der Waals surface area contributed by atoms with Crippen LogP contribution in [0, 0.1) is 5.92 Å². The molecule has 1 rings (SSSR count). The average Bonchev–Trinajstić information content (AvgIpc) is 2.74. The average molecular weight is 428 g/mol. The first-order chi connectivity index (χ1) is 14.9. The predicted octanol–water partition coefficient (Wildman–Crippen LogP) is 9.47. The van der Waals surface area contributed by atoms with E-state index in [-0.39, 0.29) is 0 Å². The first kappa shape index (κ1) is 31.1. The third kappa shape index (κ3) is 17.3. The number of rotatable bonds is 12. The van der Waals surface area contributed by atoms with E-state index < -0.39 is 0 Å². The van der Waals surface area contributed by atoms with Crippen molar-refractivity contribution in [2.75, 3.05) is 6.61 Å². The van der Waals surface area contributed by atoms with Crippen LogP contribution in [0.1, 0.15) is 98.6 Å². The van der Waals surface area contributed by atoms with Gasteiger partial charge in [-0.25, -0.2) is 4.98 Å². The highest BCUT2D eigenvalue weighted by molar-refractivity contribution is 5.21. The molecule has 0 N–H and O–H groups in total. The van der Waals surface area contributed by atoms with E-state index in [1.165, 1.54) is 44.1 Å². The summed E-state index contributed by atoms with van der Waals surface area (Å²) in [5.74, 6) is 2.06. The minimum atomic E-state index is 0.493. The van der Waals surface area contributed by atoms with E-state index in [0.29, 0.717) is 18.4 Å². The third-order valence-corrected chi connectivity index (χ3v) is 4.53. The summed E-state index contributed by atoms with van der Waals surface area (Å²) in [5.41, 5.74) is 3.65. The second-order valence-electron chi connectivity index (χ2n) is 8.18. The first-order valence-corrected chi connectivity index (χ1v) is 11.9. The molecule has 0 fully saturated rings. The third-order valence-electron chi connectivity index (χ3n) is 4.53. The van der Waals surface area contributed by atoms with Gasteiger partial charge in [-0.05, 0) is 57.1 Å². The molecule has 0 bridgehead atoms. The molecule has 0 spiro atoms. The molecular formula is C29H49NO. The highest BCUT2D eigenvalue weighted by Crippen LogP contribution is 2.26. The molecule has 2 heteroatoms. The molecule has 0 aromatic carbocycles. The number of aromatic nitrogens is 1. The molecule has 31 heavy (non-hydrogen) atoms. The van der Waals surface area contributed by atoms with Gasteiger partial charge >= 0.3 is 0 Å². The van der Waals surface area contributed by atoms with Crippen molar-refractivity contribution in [3.8, 4) is 5.88 Å². The van der Waals surface area contributed by atoms with Crippen LogP contribution in [0.25, 0.3) is 0 Å². The summed E-state index contributed by atoms with van der Waals surface area (Å²) in [6, 6.07) is 6.07. The molecule has 1 heterocycles. The van der Waals surface area contributed by atoms with Gasteiger partial charge in [-0.2, -0.15) is 0 Å². The molecular weight excluding hydrogens is 378 g/mol. The van der Waals surface area contributed by atoms with Gasteiger partial charge in [-0.15, -0.1) is 13.2 Å². The molecule has 0 saturated heterocycles. The van der Waals surface area contributed by atoms with Crippen molar-refractivity contribution in [3.05, 3.63) is 73.0 Å². The monoisotopic (exact) mass is 427 g/mol. The van der Waals surface area contributed by atoms with Gasteiger partial charge in [0.25, 0.3) is 0 Å². The normalized spacial score (nSPS) is 11.1. The van der Waals surface area contributed by atoms with Crippen LogP contribution in [-0.2, 0) is 0 Å². The number of hydrogen-bond acceptors (Lipinski definition) is 2. The van der Waals surface area contributed by atoms with Crippen LogP contribution in [0.2, 0.25) is 0 Å². The summed E-state index contributed by atoms with van der Waals surface area (Å²) in [5, 5.41) is 0. The zero-order chi connectivity index (χ0) is 24.1. The van der Waals surface area contributed by atoms with E-state index in [9.17, 15) is 0 Å². The summed E-state index contributed by atoms with van der Waals surface area (Å²) in [6.07, 6.45) is 13.4. The summed E-state index contributed by atoms with van der Waals surface area (Å²) < 4.78 is 5.71. The molecule has 0 unspecified atom stereocenters. The molecule has 0 amide bonds. The summed E-state index contributed by atoms with van der Waals surface area (Å²) in [4.78, 5) is 4.65. The maximum absolute atomic E-state index is 5.71. The van der Waals surface area contributed by atoms with Gasteiger partial charge in [-0.1, -0.05) is 83.9 Å². The maximum atomic E-state index is 5.71. The van der Waals surface area contributed by atoms with Gasteiger partial charge in [-0.3, -0.25) is 0 Å². The Morgan fingerprint density at radius 1 is 1.10 bits per heavy atom. The van der Waals surface area contributed by atoms with Gasteiger partial charge in [0.15, 0.2) is 0 Å². The minimum absolute atomic E-state index is 0.493. The van der Waals surface area contributed by atoms with Crippen molar-refractivity contribution in [2.45, 2.75) is 92.9 Å². The quantitative estimate of drug-likeness (QED) is 0.245. The Kier molecular flexibility index (Phi) is 21.2. The van der Waals surface area contributed by atoms with Crippen LogP contribution in [-0.4, -0.2) is 11.6 Å². The Bertz CT molecular complexity index is 621. The number of nitrogens with zero attached hydrogens (tertiary/aromatic N) is 1. The Hall–Kier alpha value is -2.09. The van der Waals surface area contributed by atoms with E-state index in [1.807, 2.05) is 31.2 Å². The van der Waals surface area contributed by atoms with Gasteiger partial charge < -0.3 is 4.74 Å². The lowest BCUT2D eigenvalue weighted by Gasteiger charge is -2.15. The number of ether oxygens (including phenoxy) is 1. The van der Waals surface area contributed by atoms with Crippen molar-refractivity contribution in [1.82, 2.24) is 4.98 Å². The largest absolute Gasteiger partial charge is 0.473 e. The molecule has 1 aromatic heterocycles. The SMILES string of the molecule is C=C.C=C(/C=C\C)COc1cccc(C(CCC)CCC)n1.CC/C=C(\C)CC(C)C. The summed E-state index contributed by atoms with van der Waals surface area (Å²) in [7, 11) is 0. The molecule has 0 radical (unpaired) electrons. The second kappa shape index (κ2) is 21.2. The highest BCUT2D eigenvalue weighted by atomic mass is 16.5. The number of pyridine rings is 1. The van der Waals surface area contributed by atoms with Crippen LogP contribution >= 0.6 is 0 Å². The second-order valence-corrected chi connectivity index (χ2v) is 8.18. The summed E-state index contributed by atoms with van der Waals surface area (Å²) in [6.45, 7) is 25.8. The molecule has 2 nitrogen and oxygen atoms in total. The smallest absolute Gasteiger partial charge is 0.213 e. The van der Waals surface area contributed by atoms with Gasteiger partial charge in [0.2, 0.25) is 5.88 Å². The Morgan fingerprint density at radius 3 is 2.19 bits per heavy atom. The van der Waals surface area contributed by atoms with Crippen LogP contribution in [0.5, 0.6) is 5.88 Å². The lowest BCUT2D eigenvalue weighted by molar-refractivity contribution is 0.339. The Morgan fingerprint density at radius 2 is 1.71 bits per heavy atom. The molecule has 1 aromatic rings. The van der Waals surface area contributed by atoms with Crippen LogP contribution in [0.4, 0.5) is 0 Å². The highest BCUT2D eigenvalue weighted by Gasteiger charge is 2.12. The zero-order valence-electron chi connectivity index (χ0n) is 21.5.